The number of hydrogen-bond acceptors (Lipinski definition) is 2. The molecule has 0 radical (unpaired) electrons. The number of Topliss-reactive ketones (excluding diaryl/α,β-unsaturated/α-hetero) is 1. The number of carbonyl (C=O) groups is 1. The Morgan fingerprint density at radius 2 is 1.55 bits per heavy atom. The Kier molecular flexibility index (Phi) is 4.41. The van der Waals surface area contributed by atoms with Crippen molar-refractivity contribution in [2.75, 3.05) is 6.61 Å². The minimum absolute atomic E-state index is 0.0105. The molecule has 0 N–H and O–H groups in total. The molecule has 4 saturated carbocycles. The van der Waals surface area contributed by atoms with E-state index in [2.05, 4.69) is 54.5 Å². The van der Waals surface area contributed by atoms with Gasteiger partial charge in [-0.25, -0.2) is 0 Å². The van der Waals surface area contributed by atoms with E-state index in [0.717, 1.165) is 24.0 Å². The maximum atomic E-state index is 12.7. The Bertz CT molecular complexity index is 927. The molecule has 2 bridgehead atoms. The van der Waals surface area contributed by atoms with Crippen molar-refractivity contribution in [3.05, 3.63) is 11.6 Å². The van der Waals surface area contributed by atoms with E-state index in [1.54, 1.807) is 6.92 Å². The van der Waals surface area contributed by atoms with Gasteiger partial charge in [0.2, 0.25) is 0 Å². The molecule has 1 heterocycles. The summed E-state index contributed by atoms with van der Waals surface area (Å²) in [6, 6.07) is 0. The van der Waals surface area contributed by atoms with Gasteiger partial charge in [0.15, 0.2) is 5.78 Å². The molecular formula is C31H48O2. The maximum Gasteiger partial charge on any atom is 0.156 e. The first-order chi connectivity index (χ1) is 15.2. The third-order valence-electron chi connectivity index (χ3n) is 13.7. The van der Waals surface area contributed by atoms with Gasteiger partial charge in [-0.15, -0.1) is 0 Å². The second kappa shape index (κ2) is 6.37. The fourth-order valence-corrected chi connectivity index (χ4v) is 11.8. The van der Waals surface area contributed by atoms with E-state index in [-0.39, 0.29) is 10.8 Å². The number of rotatable bonds is 1. The molecule has 0 aromatic heterocycles. The number of hydrogen-bond donors (Lipinski definition) is 0. The van der Waals surface area contributed by atoms with Crippen LogP contribution in [-0.2, 0) is 9.53 Å². The standard InChI is InChI=1S/C31H48O2/c1-19(32)21-17-28(6)22(27(21,4)5)11-12-30(8)23(28)10-9-20-24-25-26(2,3)13-15-31(24,18-33-25)16-14-29(20,30)7/h17,20,22-25H,9-16,18H2,1-8H3/t20?,22?,23?,24?,25?,28?,29-,30?,31?/m1/s1. The minimum Gasteiger partial charge on any atom is -0.377 e. The SMILES string of the molecule is CC(=O)C1=CC2(C)C(CCC3(C)C2CCC2C4C5OCC4(CCC5(C)C)CC[C@]23C)C1(C)C. The van der Waals surface area contributed by atoms with Crippen molar-refractivity contribution in [3.8, 4) is 0 Å². The monoisotopic (exact) mass is 452 g/mol. The van der Waals surface area contributed by atoms with Crippen molar-refractivity contribution in [1.82, 2.24) is 0 Å². The maximum absolute atomic E-state index is 12.7. The van der Waals surface area contributed by atoms with Gasteiger partial charge in [0.1, 0.15) is 0 Å². The predicted octanol–water partition coefficient (Wildman–Crippen LogP) is 7.61. The van der Waals surface area contributed by atoms with Crippen molar-refractivity contribution >= 4 is 5.78 Å². The summed E-state index contributed by atoms with van der Waals surface area (Å²) in [4.78, 5) is 12.7. The van der Waals surface area contributed by atoms with Crippen molar-refractivity contribution in [1.29, 1.82) is 0 Å². The van der Waals surface area contributed by atoms with Crippen LogP contribution in [0.1, 0.15) is 107 Å². The first-order valence-electron chi connectivity index (χ1n) is 14.1. The fraction of sp³-hybridized carbons (Fsp3) is 0.903. The van der Waals surface area contributed by atoms with E-state index in [9.17, 15) is 4.79 Å². The summed E-state index contributed by atoms with van der Waals surface area (Å²) >= 11 is 0. The Morgan fingerprint density at radius 1 is 0.848 bits per heavy atom. The summed E-state index contributed by atoms with van der Waals surface area (Å²) in [6.45, 7) is 20.4. The van der Waals surface area contributed by atoms with E-state index < -0.39 is 0 Å². The summed E-state index contributed by atoms with van der Waals surface area (Å²) in [5.74, 6) is 3.14. The van der Waals surface area contributed by atoms with Crippen molar-refractivity contribution in [3.63, 3.8) is 0 Å². The Morgan fingerprint density at radius 3 is 2.24 bits per heavy atom. The number of ketones is 1. The zero-order valence-electron chi connectivity index (χ0n) is 22.6. The number of carbonyl (C=O) groups excluding carboxylic acids is 1. The quantitative estimate of drug-likeness (QED) is 0.409. The highest BCUT2D eigenvalue weighted by Gasteiger charge is 2.72. The lowest BCUT2D eigenvalue weighted by Crippen LogP contribution is -2.65. The molecule has 1 aliphatic heterocycles. The highest BCUT2D eigenvalue weighted by Crippen LogP contribution is 2.78. The smallest absolute Gasteiger partial charge is 0.156 e. The zero-order chi connectivity index (χ0) is 23.8. The lowest BCUT2D eigenvalue weighted by Gasteiger charge is -2.71. The van der Waals surface area contributed by atoms with Crippen molar-refractivity contribution in [2.45, 2.75) is 113 Å². The predicted molar refractivity (Wildman–Crippen MR) is 134 cm³/mol. The third-order valence-corrected chi connectivity index (χ3v) is 13.7. The third kappa shape index (κ3) is 2.48. The molecule has 2 heteroatoms. The summed E-state index contributed by atoms with van der Waals surface area (Å²) < 4.78 is 6.70. The fourth-order valence-electron chi connectivity index (χ4n) is 11.8. The molecule has 2 nitrogen and oxygen atoms in total. The summed E-state index contributed by atoms with van der Waals surface area (Å²) in [6.07, 6.45) is 13.7. The van der Waals surface area contributed by atoms with Gasteiger partial charge in [0.25, 0.3) is 0 Å². The van der Waals surface area contributed by atoms with E-state index in [1.165, 1.54) is 51.4 Å². The molecule has 33 heavy (non-hydrogen) atoms. The Balaban J connectivity index is 1.42. The topological polar surface area (TPSA) is 26.3 Å². The van der Waals surface area contributed by atoms with Crippen LogP contribution in [0.15, 0.2) is 11.6 Å². The van der Waals surface area contributed by atoms with Gasteiger partial charge in [-0.3, -0.25) is 4.79 Å². The van der Waals surface area contributed by atoms with E-state index >= 15 is 0 Å². The summed E-state index contributed by atoms with van der Waals surface area (Å²) in [5, 5.41) is 0. The molecule has 9 atom stereocenters. The van der Waals surface area contributed by atoms with Crippen LogP contribution in [0.5, 0.6) is 0 Å². The molecule has 5 aliphatic carbocycles. The molecule has 0 aromatic rings. The normalized spacial score (nSPS) is 55.6. The average molecular weight is 453 g/mol. The van der Waals surface area contributed by atoms with Crippen LogP contribution in [0.4, 0.5) is 0 Å². The number of ether oxygens (including phenoxy) is 1. The molecule has 8 unspecified atom stereocenters. The highest BCUT2D eigenvalue weighted by molar-refractivity contribution is 5.95. The second-order valence-electron chi connectivity index (χ2n) is 15.5. The molecule has 0 amide bonds. The van der Waals surface area contributed by atoms with Crippen LogP contribution in [0.3, 0.4) is 0 Å². The first kappa shape index (κ1) is 22.8. The van der Waals surface area contributed by atoms with Crippen LogP contribution in [0.2, 0.25) is 0 Å². The largest absolute Gasteiger partial charge is 0.377 e. The van der Waals surface area contributed by atoms with Crippen LogP contribution in [0.25, 0.3) is 0 Å². The second-order valence-corrected chi connectivity index (χ2v) is 15.5. The van der Waals surface area contributed by atoms with E-state index in [0.29, 0.717) is 45.4 Å². The molecule has 0 spiro atoms. The molecule has 184 valence electrons. The average Bonchev–Trinajstić information content (AvgIpc) is 3.16. The molecule has 6 rings (SSSR count). The Labute approximate surface area is 202 Å². The Hall–Kier alpha value is -0.630. The van der Waals surface area contributed by atoms with Crippen LogP contribution < -0.4 is 0 Å². The lowest BCUT2D eigenvalue weighted by atomic mass is 9.33. The van der Waals surface area contributed by atoms with Gasteiger partial charge in [-0.1, -0.05) is 54.5 Å². The molecule has 6 aliphatic rings. The molecule has 5 fully saturated rings. The van der Waals surface area contributed by atoms with E-state index in [4.69, 9.17) is 4.74 Å². The molecule has 0 aromatic carbocycles. The van der Waals surface area contributed by atoms with Crippen molar-refractivity contribution < 1.29 is 9.53 Å². The van der Waals surface area contributed by atoms with E-state index in [1.807, 2.05) is 0 Å². The van der Waals surface area contributed by atoms with Crippen LogP contribution in [-0.4, -0.2) is 18.5 Å². The number of fused-ring (bicyclic) bond motifs is 5. The van der Waals surface area contributed by atoms with Crippen molar-refractivity contribution in [2.24, 2.45) is 56.2 Å². The zero-order valence-corrected chi connectivity index (χ0v) is 22.6. The van der Waals surface area contributed by atoms with Gasteiger partial charge in [0, 0.05) is 0 Å². The first-order valence-corrected chi connectivity index (χ1v) is 14.1. The van der Waals surface area contributed by atoms with Gasteiger partial charge in [-0.05, 0) is 120 Å². The van der Waals surface area contributed by atoms with Gasteiger partial charge < -0.3 is 4.74 Å². The van der Waals surface area contributed by atoms with Crippen LogP contribution in [0, 0.1) is 56.2 Å². The lowest BCUT2D eigenvalue weighted by molar-refractivity contribution is -0.221. The van der Waals surface area contributed by atoms with Gasteiger partial charge in [0.05, 0.1) is 12.7 Å². The minimum atomic E-state index is 0.0105. The molecule has 1 saturated heterocycles. The van der Waals surface area contributed by atoms with Gasteiger partial charge in [-0.2, -0.15) is 0 Å². The summed E-state index contributed by atoms with van der Waals surface area (Å²) in [5.41, 5.74) is 2.80. The molecular weight excluding hydrogens is 404 g/mol. The van der Waals surface area contributed by atoms with Crippen LogP contribution >= 0.6 is 0 Å². The van der Waals surface area contributed by atoms with Gasteiger partial charge >= 0.3 is 0 Å². The summed E-state index contributed by atoms with van der Waals surface area (Å²) in [7, 11) is 0. The highest BCUT2D eigenvalue weighted by atomic mass is 16.5. The number of allylic oxidation sites excluding steroid dienone is 2.